The molecule has 0 saturated heterocycles. The highest BCUT2D eigenvalue weighted by molar-refractivity contribution is 6.09. The lowest BCUT2D eigenvalue weighted by molar-refractivity contribution is 0.0980. The minimum Gasteiger partial charge on any atom is -0.322 e. The number of rotatable bonds is 3. The molecule has 0 aliphatic carbocycles. The van der Waals surface area contributed by atoms with E-state index in [4.69, 9.17) is 0 Å². The highest BCUT2D eigenvalue weighted by atomic mass is 19.1. The summed E-state index contributed by atoms with van der Waals surface area (Å²) in [6.45, 7) is 0.608. The molecule has 2 heterocycles. The number of fused-ring (bicyclic) bond motifs is 1. The second-order valence-electron chi connectivity index (χ2n) is 6.58. The molecule has 0 atom stereocenters. The highest BCUT2D eigenvalue weighted by Crippen LogP contribution is 2.28. The number of benzene rings is 2. The van der Waals surface area contributed by atoms with Gasteiger partial charge in [-0.05, 0) is 54.8 Å². The van der Waals surface area contributed by atoms with Gasteiger partial charge in [0.1, 0.15) is 11.5 Å². The number of aryl methyl sites for hydroxylation is 1. The average Bonchev–Trinajstić information content (AvgIpc) is 2.73. The lowest BCUT2D eigenvalue weighted by Gasteiger charge is -2.29. The number of amides is 2. The van der Waals surface area contributed by atoms with E-state index in [-0.39, 0.29) is 17.2 Å². The number of pyridine rings is 1. The molecule has 0 fully saturated rings. The number of para-hydroxylation sites is 1. The molecular formula is C22H18FN3O2. The van der Waals surface area contributed by atoms with Crippen LogP contribution in [0.4, 0.5) is 15.8 Å². The molecule has 0 spiro atoms. The van der Waals surface area contributed by atoms with Crippen molar-refractivity contribution in [3.05, 3.63) is 89.5 Å². The Balaban J connectivity index is 1.57. The van der Waals surface area contributed by atoms with Gasteiger partial charge in [0.2, 0.25) is 0 Å². The van der Waals surface area contributed by atoms with Gasteiger partial charge >= 0.3 is 0 Å². The molecule has 28 heavy (non-hydrogen) atoms. The second kappa shape index (κ2) is 7.60. The van der Waals surface area contributed by atoms with E-state index in [1.54, 1.807) is 11.0 Å². The Morgan fingerprint density at radius 1 is 1.04 bits per heavy atom. The van der Waals surface area contributed by atoms with Crippen molar-refractivity contribution >= 4 is 23.2 Å². The molecule has 1 aliphatic rings. The first-order chi connectivity index (χ1) is 13.6. The van der Waals surface area contributed by atoms with Gasteiger partial charge in [-0.15, -0.1) is 0 Å². The Morgan fingerprint density at radius 2 is 1.89 bits per heavy atom. The van der Waals surface area contributed by atoms with E-state index in [0.29, 0.717) is 12.2 Å². The van der Waals surface area contributed by atoms with E-state index in [2.05, 4.69) is 10.3 Å². The smallest absolute Gasteiger partial charge is 0.276 e. The molecule has 140 valence electrons. The molecule has 0 bridgehead atoms. The van der Waals surface area contributed by atoms with Crippen molar-refractivity contribution in [2.75, 3.05) is 16.8 Å². The van der Waals surface area contributed by atoms with Gasteiger partial charge in [0.05, 0.1) is 0 Å². The molecule has 1 aliphatic heterocycles. The Morgan fingerprint density at radius 3 is 2.75 bits per heavy atom. The van der Waals surface area contributed by atoms with Gasteiger partial charge in [-0.1, -0.05) is 24.3 Å². The van der Waals surface area contributed by atoms with Crippen LogP contribution in [0.5, 0.6) is 0 Å². The molecule has 4 rings (SSSR count). The summed E-state index contributed by atoms with van der Waals surface area (Å²) in [5, 5.41) is 2.63. The van der Waals surface area contributed by atoms with Gasteiger partial charge in [0.15, 0.2) is 0 Å². The number of carbonyl (C=O) groups is 2. The van der Waals surface area contributed by atoms with Gasteiger partial charge < -0.3 is 10.2 Å². The van der Waals surface area contributed by atoms with E-state index in [1.807, 2.05) is 24.3 Å². The molecule has 5 nitrogen and oxygen atoms in total. The fourth-order valence-electron chi connectivity index (χ4n) is 3.34. The zero-order chi connectivity index (χ0) is 19.5. The van der Waals surface area contributed by atoms with Crippen LogP contribution in [0.15, 0.2) is 66.9 Å². The van der Waals surface area contributed by atoms with Crippen molar-refractivity contribution < 1.29 is 14.0 Å². The lowest BCUT2D eigenvalue weighted by Crippen LogP contribution is -2.36. The summed E-state index contributed by atoms with van der Waals surface area (Å²) in [7, 11) is 0. The zero-order valence-corrected chi connectivity index (χ0v) is 15.1. The van der Waals surface area contributed by atoms with Gasteiger partial charge in [-0.3, -0.25) is 14.6 Å². The van der Waals surface area contributed by atoms with Crippen molar-refractivity contribution in [1.82, 2.24) is 4.98 Å². The maximum atomic E-state index is 13.3. The normalized spacial score (nSPS) is 13.0. The van der Waals surface area contributed by atoms with Crippen LogP contribution in [0.2, 0.25) is 0 Å². The summed E-state index contributed by atoms with van der Waals surface area (Å²) < 4.78 is 13.3. The van der Waals surface area contributed by atoms with Crippen molar-refractivity contribution in [2.24, 2.45) is 0 Å². The average molecular weight is 375 g/mol. The number of carbonyl (C=O) groups excluding carboxylic acids is 2. The van der Waals surface area contributed by atoms with Crippen LogP contribution in [-0.4, -0.2) is 23.3 Å². The number of hydrogen-bond donors (Lipinski definition) is 1. The first-order valence-electron chi connectivity index (χ1n) is 9.04. The van der Waals surface area contributed by atoms with Crippen molar-refractivity contribution in [1.29, 1.82) is 0 Å². The summed E-state index contributed by atoms with van der Waals surface area (Å²) in [5.41, 5.74) is 2.84. The van der Waals surface area contributed by atoms with E-state index in [9.17, 15) is 14.0 Å². The van der Waals surface area contributed by atoms with E-state index < -0.39 is 11.7 Å². The third-order valence-corrected chi connectivity index (χ3v) is 4.68. The Bertz CT molecular complexity index is 1050. The van der Waals surface area contributed by atoms with Crippen molar-refractivity contribution in [2.45, 2.75) is 12.8 Å². The van der Waals surface area contributed by atoms with Gasteiger partial charge in [0.25, 0.3) is 11.8 Å². The third-order valence-electron chi connectivity index (χ3n) is 4.68. The summed E-state index contributed by atoms with van der Waals surface area (Å²) in [6.07, 6.45) is 3.25. The summed E-state index contributed by atoms with van der Waals surface area (Å²) in [5.74, 6) is -1.11. The van der Waals surface area contributed by atoms with Crippen LogP contribution in [-0.2, 0) is 6.42 Å². The molecule has 0 unspecified atom stereocenters. The maximum absolute atomic E-state index is 13.3. The molecule has 1 aromatic heterocycles. The van der Waals surface area contributed by atoms with Gasteiger partial charge in [-0.2, -0.15) is 0 Å². The van der Waals surface area contributed by atoms with Gasteiger partial charge in [-0.25, -0.2) is 4.39 Å². The molecule has 0 saturated carbocycles. The van der Waals surface area contributed by atoms with Crippen LogP contribution in [0.25, 0.3) is 0 Å². The van der Waals surface area contributed by atoms with E-state index in [1.165, 1.54) is 36.5 Å². The molecular weight excluding hydrogens is 357 g/mol. The second-order valence-corrected chi connectivity index (χ2v) is 6.58. The maximum Gasteiger partial charge on any atom is 0.276 e. The van der Waals surface area contributed by atoms with Crippen LogP contribution < -0.4 is 10.2 Å². The molecule has 2 aromatic carbocycles. The van der Waals surface area contributed by atoms with Crippen molar-refractivity contribution in [3.8, 4) is 0 Å². The number of anilines is 2. The topological polar surface area (TPSA) is 62.3 Å². The molecule has 3 aromatic rings. The van der Waals surface area contributed by atoms with Crippen molar-refractivity contribution in [3.63, 3.8) is 0 Å². The zero-order valence-electron chi connectivity index (χ0n) is 15.1. The molecule has 1 N–H and O–H groups in total. The lowest BCUT2D eigenvalue weighted by atomic mass is 10.0. The molecule has 2 amide bonds. The highest BCUT2D eigenvalue weighted by Gasteiger charge is 2.24. The predicted octanol–water partition coefficient (Wildman–Crippen LogP) is 4.07. The summed E-state index contributed by atoms with van der Waals surface area (Å²) in [6, 6.07) is 16.4. The number of hydrogen-bond acceptors (Lipinski definition) is 3. The minimum atomic E-state index is -0.438. The van der Waals surface area contributed by atoms with Gasteiger partial charge in [0, 0.05) is 29.7 Å². The number of nitrogens with one attached hydrogen (secondary N) is 1. The summed E-state index contributed by atoms with van der Waals surface area (Å²) in [4.78, 5) is 31.4. The molecule has 6 heteroatoms. The van der Waals surface area contributed by atoms with E-state index >= 15 is 0 Å². The Hall–Kier alpha value is -3.54. The SMILES string of the molecule is O=C(Nc1cccc(F)c1)c1ccnc(C(=O)N2CCCc3ccccc32)c1. The molecule has 0 radical (unpaired) electrons. The fourth-order valence-corrected chi connectivity index (χ4v) is 3.34. The van der Waals surface area contributed by atoms with Crippen LogP contribution in [0.3, 0.4) is 0 Å². The third kappa shape index (κ3) is 3.62. The van der Waals surface area contributed by atoms with E-state index in [0.717, 1.165) is 24.1 Å². The first kappa shape index (κ1) is 17.9. The largest absolute Gasteiger partial charge is 0.322 e. The number of halogens is 1. The van der Waals surface area contributed by atoms with Crippen LogP contribution in [0, 0.1) is 5.82 Å². The summed E-state index contributed by atoms with van der Waals surface area (Å²) >= 11 is 0. The number of aromatic nitrogens is 1. The standard InChI is InChI=1S/C22H18FN3O2/c23-17-7-3-8-18(14-17)25-21(27)16-10-11-24-19(13-16)22(28)26-12-4-6-15-5-1-2-9-20(15)26/h1-3,5,7-11,13-14H,4,6,12H2,(H,25,27). The van der Waals surface area contributed by atoms with Crippen LogP contribution in [0.1, 0.15) is 32.8 Å². The quantitative estimate of drug-likeness (QED) is 0.751. The predicted molar refractivity (Wildman–Crippen MR) is 105 cm³/mol. The minimum absolute atomic E-state index is 0.198. The van der Waals surface area contributed by atoms with Crippen LogP contribution >= 0.6 is 0 Å². The Labute approximate surface area is 161 Å². The number of nitrogens with zero attached hydrogens (tertiary/aromatic N) is 2. The Kier molecular flexibility index (Phi) is 4.85. The monoisotopic (exact) mass is 375 g/mol. The first-order valence-corrected chi connectivity index (χ1v) is 9.04. The fraction of sp³-hybridized carbons (Fsp3) is 0.136.